The lowest BCUT2D eigenvalue weighted by Crippen LogP contribution is -2.38. The van der Waals surface area contributed by atoms with Gasteiger partial charge >= 0.3 is 6.09 Å². The number of hydrogen-bond donors (Lipinski definition) is 0. The van der Waals surface area contributed by atoms with E-state index in [1.165, 1.54) is 11.1 Å². The van der Waals surface area contributed by atoms with Crippen LogP contribution in [0.5, 0.6) is 5.75 Å². The van der Waals surface area contributed by atoms with Crippen molar-refractivity contribution in [1.29, 1.82) is 0 Å². The number of methoxy groups -OCH3 is 1. The van der Waals surface area contributed by atoms with Crippen LogP contribution in [0.15, 0.2) is 85.3 Å². The van der Waals surface area contributed by atoms with E-state index in [4.69, 9.17) is 23.9 Å². The third-order valence-electron chi connectivity index (χ3n) is 9.61. The first-order chi connectivity index (χ1) is 24.4. The summed E-state index contributed by atoms with van der Waals surface area (Å²) in [5.74, 6) is 1.23. The van der Waals surface area contributed by atoms with E-state index in [9.17, 15) is 4.79 Å². The highest BCUT2D eigenvalue weighted by Gasteiger charge is 2.54. The molecule has 1 saturated heterocycles. The molecule has 272 valence electrons. The van der Waals surface area contributed by atoms with Gasteiger partial charge in [-0.05, 0) is 89.6 Å². The van der Waals surface area contributed by atoms with Gasteiger partial charge in [0.25, 0.3) is 0 Å². The Labute approximate surface area is 302 Å². The third-order valence-corrected chi connectivity index (χ3v) is 9.61. The van der Waals surface area contributed by atoms with Crippen molar-refractivity contribution < 1.29 is 23.7 Å². The maximum atomic E-state index is 13.1. The predicted molar refractivity (Wildman–Crippen MR) is 200 cm³/mol. The van der Waals surface area contributed by atoms with Gasteiger partial charge in [0.15, 0.2) is 5.79 Å². The summed E-state index contributed by atoms with van der Waals surface area (Å²) in [5, 5.41) is 1.00. The molecule has 51 heavy (non-hydrogen) atoms. The number of amides is 1. The van der Waals surface area contributed by atoms with E-state index >= 15 is 0 Å². The zero-order chi connectivity index (χ0) is 36.2. The summed E-state index contributed by atoms with van der Waals surface area (Å²) in [6.45, 7) is 11.7. The molecule has 0 radical (unpaired) electrons. The van der Waals surface area contributed by atoms with E-state index in [1.54, 1.807) is 13.4 Å². The number of rotatable bonds is 13. The average molecular weight is 696 g/mol. The fourth-order valence-corrected chi connectivity index (χ4v) is 7.26. The molecule has 2 aliphatic rings. The molecule has 4 aromatic rings. The van der Waals surface area contributed by atoms with Gasteiger partial charge in [-0.15, -0.1) is 0 Å². The second-order valence-corrected chi connectivity index (χ2v) is 15.2. The molecule has 1 aliphatic carbocycles. The SMILES string of the molecule is COc1ccc(CN(C)c2ncnc3c2ccn3[C@@H]2C[C@H](C=CCCCN(CCc3ccccc3)C(=O)OC(C)(C)C)[C@H]3OC(C)(C)O[C@H]32)cc1. The number of carbonyl (C=O) groups excluding carboxylic acids is 1. The molecule has 0 unspecified atom stereocenters. The van der Waals surface area contributed by atoms with Crippen LogP contribution in [0, 0.1) is 5.92 Å². The van der Waals surface area contributed by atoms with Crippen molar-refractivity contribution in [2.24, 2.45) is 5.92 Å². The van der Waals surface area contributed by atoms with E-state index in [-0.39, 0.29) is 30.3 Å². The third kappa shape index (κ3) is 8.91. The molecular weight excluding hydrogens is 642 g/mol. The molecule has 2 aromatic heterocycles. The second-order valence-electron chi connectivity index (χ2n) is 15.2. The standard InChI is InChI=1S/C41H53N5O5/c1-40(2,3)51-39(47)45(24-21-29-14-10-8-11-15-29)23-13-9-12-16-31-26-34(36-35(31)49-41(4,5)50-36)46-25-22-33-37(42-28-43-38(33)46)44(6)27-30-17-19-32(48-7)20-18-30/h8,10-12,14-20,22,25,28,31,34-36H,9,13,21,23-24,26-27H2,1-7H3/t31-,34+,35+,36-/m0/s1. The number of aromatic nitrogens is 3. The summed E-state index contributed by atoms with van der Waals surface area (Å²) in [4.78, 5) is 26.5. The number of hydrogen-bond acceptors (Lipinski definition) is 8. The highest BCUT2D eigenvalue weighted by atomic mass is 16.8. The van der Waals surface area contributed by atoms with Crippen molar-refractivity contribution in [3.8, 4) is 5.75 Å². The van der Waals surface area contributed by atoms with Crippen LogP contribution in [0.2, 0.25) is 0 Å². The van der Waals surface area contributed by atoms with E-state index in [2.05, 4.69) is 70.2 Å². The molecule has 6 rings (SSSR count). The second kappa shape index (κ2) is 15.5. The van der Waals surface area contributed by atoms with Gasteiger partial charge < -0.3 is 33.3 Å². The Morgan fingerprint density at radius 3 is 2.47 bits per heavy atom. The van der Waals surface area contributed by atoms with Crippen molar-refractivity contribution in [2.75, 3.05) is 32.1 Å². The number of unbranched alkanes of at least 4 members (excludes halogenated alkanes) is 1. The molecule has 0 bridgehead atoms. The Morgan fingerprint density at radius 2 is 1.75 bits per heavy atom. The van der Waals surface area contributed by atoms with Crippen LogP contribution in [0.1, 0.15) is 71.0 Å². The minimum atomic E-state index is -0.672. The largest absolute Gasteiger partial charge is 0.497 e. The molecule has 0 spiro atoms. The van der Waals surface area contributed by atoms with E-state index < -0.39 is 11.4 Å². The number of carbonyl (C=O) groups is 1. The lowest BCUT2D eigenvalue weighted by molar-refractivity contribution is -0.158. The number of fused-ring (bicyclic) bond motifs is 2. The maximum absolute atomic E-state index is 13.1. The van der Waals surface area contributed by atoms with Crippen molar-refractivity contribution in [3.05, 3.63) is 96.5 Å². The first kappa shape index (κ1) is 36.4. The van der Waals surface area contributed by atoms with E-state index in [0.717, 1.165) is 48.3 Å². The van der Waals surface area contributed by atoms with Gasteiger partial charge in [-0.25, -0.2) is 14.8 Å². The van der Waals surface area contributed by atoms with Gasteiger partial charge in [-0.2, -0.15) is 0 Å². The summed E-state index contributed by atoms with van der Waals surface area (Å²) in [6, 6.07) is 20.5. The van der Waals surface area contributed by atoms with Crippen LogP contribution in [0.25, 0.3) is 11.0 Å². The Hall–Kier alpha value is -4.41. The Bertz CT molecular complexity index is 1780. The number of anilines is 1. The molecule has 1 amide bonds. The maximum Gasteiger partial charge on any atom is 0.410 e. The van der Waals surface area contributed by atoms with Gasteiger partial charge in [0.2, 0.25) is 0 Å². The topological polar surface area (TPSA) is 91.2 Å². The van der Waals surface area contributed by atoms with Crippen LogP contribution < -0.4 is 9.64 Å². The minimum absolute atomic E-state index is 0.0548. The van der Waals surface area contributed by atoms with Crippen LogP contribution in [0.3, 0.4) is 0 Å². The minimum Gasteiger partial charge on any atom is -0.497 e. The molecule has 0 N–H and O–H groups in total. The fourth-order valence-electron chi connectivity index (χ4n) is 7.26. The fraction of sp³-hybridized carbons (Fsp3) is 0.488. The molecule has 10 heteroatoms. The Kier molecular flexibility index (Phi) is 11.0. The summed E-state index contributed by atoms with van der Waals surface area (Å²) >= 11 is 0. The van der Waals surface area contributed by atoms with Crippen molar-refractivity contribution in [3.63, 3.8) is 0 Å². The first-order valence-corrected chi connectivity index (χ1v) is 18.1. The highest BCUT2D eigenvalue weighted by Crippen LogP contribution is 2.48. The van der Waals surface area contributed by atoms with Gasteiger partial charge in [0, 0.05) is 38.8 Å². The predicted octanol–water partition coefficient (Wildman–Crippen LogP) is 7.97. The van der Waals surface area contributed by atoms with Gasteiger partial charge in [-0.3, -0.25) is 0 Å². The molecule has 1 aliphatic heterocycles. The zero-order valence-electron chi connectivity index (χ0n) is 31.1. The quantitative estimate of drug-likeness (QED) is 0.103. The average Bonchev–Trinajstić information content (AvgIpc) is 3.76. The summed E-state index contributed by atoms with van der Waals surface area (Å²) in [7, 11) is 3.74. The lowest BCUT2D eigenvalue weighted by atomic mass is 10.0. The number of ether oxygens (including phenoxy) is 4. The van der Waals surface area contributed by atoms with E-state index in [0.29, 0.717) is 19.6 Å². The lowest BCUT2D eigenvalue weighted by Gasteiger charge is -2.27. The molecular formula is C41H53N5O5. The number of nitrogens with zero attached hydrogens (tertiary/aromatic N) is 5. The van der Waals surface area contributed by atoms with Gasteiger partial charge in [-0.1, -0.05) is 54.6 Å². The van der Waals surface area contributed by atoms with Crippen molar-refractivity contribution in [1.82, 2.24) is 19.4 Å². The van der Waals surface area contributed by atoms with Gasteiger partial charge in [0.1, 0.15) is 35.2 Å². The first-order valence-electron chi connectivity index (χ1n) is 18.1. The van der Waals surface area contributed by atoms with E-state index in [1.807, 2.05) is 69.9 Å². The smallest absolute Gasteiger partial charge is 0.410 e. The molecule has 3 heterocycles. The number of allylic oxidation sites excluding steroid dienone is 1. The summed E-state index contributed by atoms with van der Waals surface area (Å²) < 4.78 is 26.4. The monoisotopic (exact) mass is 695 g/mol. The molecule has 10 nitrogen and oxygen atoms in total. The van der Waals surface area contributed by atoms with Crippen LogP contribution in [0.4, 0.5) is 10.6 Å². The molecule has 2 fully saturated rings. The zero-order valence-corrected chi connectivity index (χ0v) is 31.1. The normalized spacial score (nSPS) is 21.2. The van der Waals surface area contributed by atoms with Crippen molar-refractivity contribution >= 4 is 22.9 Å². The van der Waals surface area contributed by atoms with Crippen molar-refractivity contribution in [2.45, 2.75) is 96.5 Å². The number of benzene rings is 2. The Balaban J connectivity index is 1.12. The van der Waals surface area contributed by atoms with Gasteiger partial charge in [0.05, 0.1) is 24.6 Å². The molecule has 2 aromatic carbocycles. The summed E-state index contributed by atoms with van der Waals surface area (Å²) in [6.07, 6.45) is 11.2. The molecule has 4 atom stereocenters. The van der Waals surface area contributed by atoms with Crippen LogP contribution in [-0.2, 0) is 27.2 Å². The van der Waals surface area contributed by atoms with Crippen LogP contribution >= 0.6 is 0 Å². The van der Waals surface area contributed by atoms with Crippen LogP contribution in [-0.4, -0.2) is 76.4 Å². The molecule has 1 saturated carbocycles. The highest BCUT2D eigenvalue weighted by molar-refractivity contribution is 5.88. The summed E-state index contributed by atoms with van der Waals surface area (Å²) in [5.41, 5.74) is 2.72. The Morgan fingerprint density at radius 1 is 1.00 bits per heavy atom.